The van der Waals surface area contributed by atoms with Gasteiger partial charge in [-0.2, -0.15) is 4.72 Å². The normalized spacial score (nSPS) is 13.0. The molecule has 3 rings (SSSR count). The average Bonchev–Trinajstić information content (AvgIpc) is 2.97. The predicted octanol–water partition coefficient (Wildman–Crippen LogP) is 2.75. The van der Waals surface area contributed by atoms with Gasteiger partial charge in [-0.05, 0) is 58.5 Å². The van der Waals surface area contributed by atoms with E-state index >= 15 is 0 Å². The van der Waals surface area contributed by atoms with Crippen LogP contribution in [-0.4, -0.2) is 30.5 Å². The summed E-state index contributed by atoms with van der Waals surface area (Å²) in [6, 6.07) is 12.4. The Morgan fingerprint density at radius 2 is 1.84 bits per heavy atom. The highest BCUT2D eigenvalue weighted by atomic mass is 127. The molecule has 0 aliphatic heterocycles. The number of H-pyrrole nitrogens is 1. The highest BCUT2D eigenvalue weighted by Crippen LogP contribution is 2.20. The summed E-state index contributed by atoms with van der Waals surface area (Å²) in [5, 5.41) is 10.3. The first-order valence-electron chi connectivity index (χ1n) is 7.42. The van der Waals surface area contributed by atoms with E-state index in [0.29, 0.717) is 0 Å². The Morgan fingerprint density at radius 1 is 1.16 bits per heavy atom. The number of carboxylic acids is 1. The van der Waals surface area contributed by atoms with Crippen molar-refractivity contribution >= 4 is 49.5 Å². The van der Waals surface area contributed by atoms with Gasteiger partial charge in [-0.15, -0.1) is 0 Å². The van der Waals surface area contributed by atoms with E-state index in [9.17, 15) is 18.3 Å². The minimum absolute atomic E-state index is 0.0399. The van der Waals surface area contributed by atoms with Crippen molar-refractivity contribution in [3.8, 4) is 0 Å². The minimum Gasteiger partial charge on any atom is -0.480 e. The second kappa shape index (κ2) is 7.14. The molecule has 1 aromatic heterocycles. The van der Waals surface area contributed by atoms with Crippen molar-refractivity contribution in [1.29, 1.82) is 0 Å². The zero-order valence-electron chi connectivity index (χ0n) is 12.9. The van der Waals surface area contributed by atoms with Crippen molar-refractivity contribution in [1.82, 2.24) is 9.71 Å². The second-order valence-corrected chi connectivity index (χ2v) is 8.49. The number of aliphatic carboxylic acids is 1. The number of halogens is 1. The van der Waals surface area contributed by atoms with E-state index < -0.39 is 22.0 Å². The summed E-state index contributed by atoms with van der Waals surface area (Å²) in [5.41, 5.74) is 1.62. The molecule has 130 valence electrons. The maximum absolute atomic E-state index is 12.5. The van der Waals surface area contributed by atoms with Crippen LogP contribution < -0.4 is 4.72 Å². The first-order chi connectivity index (χ1) is 11.9. The summed E-state index contributed by atoms with van der Waals surface area (Å²) in [6.45, 7) is 0. The van der Waals surface area contributed by atoms with Crippen LogP contribution in [0.5, 0.6) is 0 Å². The number of sulfonamides is 1. The van der Waals surface area contributed by atoms with Crippen LogP contribution in [0.2, 0.25) is 0 Å². The third kappa shape index (κ3) is 4.02. The fourth-order valence-corrected chi connectivity index (χ4v) is 4.12. The van der Waals surface area contributed by atoms with Crippen molar-refractivity contribution < 1.29 is 18.3 Å². The van der Waals surface area contributed by atoms with Gasteiger partial charge in [0, 0.05) is 27.1 Å². The lowest BCUT2D eigenvalue weighted by molar-refractivity contribution is -0.138. The van der Waals surface area contributed by atoms with Gasteiger partial charge in [-0.25, -0.2) is 8.42 Å². The van der Waals surface area contributed by atoms with Crippen molar-refractivity contribution in [2.45, 2.75) is 17.4 Å². The van der Waals surface area contributed by atoms with Gasteiger partial charge < -0.3 is 10.1 Å². The first kappa shape index (κ1) is 17.9. The van der Waals surface area contributed by atoms with Gasteiger partial charge >= 0.3 is 5.97 Å². The Morgan fingerprint density at radius 3 is 2.52 bits per heavy atom. The highest BCUT2D eigenvalue weighted by molar-refractivity contribution is 14.1. The summed E-state index contributed by atoms with van der Waals surface area (Å²) in [6.07, 6.45) is 1.75. The topological polar surface area (TPSA) is 99.3 Å². The molecule has 0 radical (unpaired) electrons. The lowest BCUT2D eigenvalue weighted by Gasteiger charge is -2.14. The Balaban J connectivity index is 1.86. The molecule has 0 saturated heterocycles. The van der Waals surface area contributed by atoms with Crippen LogP contribution in [0.25, 0.3) is 10.9 Å². The molecular weight excluding hydrogens is 455 g/mol. The average molecular weight is 470 g/mol. The number of fused-ring (bicyclic) bond motifs is 1. The van der Waals surface area contributed by atoms with Gasteiger partial charge in [0.2, 0.25) is 10.0 Å². The molecule has 0 aliphatic rings. The molecule has 0 bridgehead atoms. The monoisotopic (exact) mass is 470 g/mol. The molecule has 0 fully saturated rings. The molecule has 0 spiro atoms. The fraction of sp³-hybridized carbons (Fsp3) is 0.118. The molecule has 3 aromatic rings. The number of carbonyl (C=O) groups is 1. The van der Waals surface area contributed by atoms with E-state index in [2.05, 4.69) is 32.3 Å². The molecule has 8 heteroatoms. The summed E-state index contributed by atoms with van der Waals surface area (Å²) < 4.78 is 28.1. The molecule has 1 atom stereocenters. The Hall–Kier alpha value is -1.91. The number of nitrogens with one attached hydrogen (secondary N) is 2. The number of hydrogen-bond donors (Lipinski definition) is 3. The molecule has 6 nitrogen and oxygen atoms in total. The van der Waals surface area contributed by atoms with Crippen LogP contribution >= 0.6 is 22.6 Å². The summed E-state index contributed by atoms with van der Waals surface area (Å²) in [4.78, 5) is 14.7. The van der Waals surface area contributed by atoms with Crippen LogP contribution in [0.4, 0.5) is 0 Å². The molecule has 2 aromatic carbocycles. The lowest BCUT2D eigenvalue weighted by atomic mass is 10.1. The first-order valence-corrected chi connectivity index (χ1v) is 9.99. The molecule has 0 unspecified atom stereocenters. The van der Waals surface area contributed by atoms with Gasteiger partial charge in [0.05, 0.1) is 4.90 Å². The van der Waals surface area contributed by atoms with Gasteiger partial charge in [0.15, 0.2) is 0 Å². The van der Waals surface area contributed by atoms with Gasteiger partial charge in [-0.3, -0.25) is 4.79 Å². The minimum atomic E-state index is -3.92. The van der Waals surface area contributed by atoms with Crippen LogP contribution in [0.1, 0.15) is 5.56 Å². The van der Waals surface area contributed by atoms with Crippen molar-refractivity contribution in [2.75, 3.05) is 0 Å². The molecule has 0 aliphatic carbocycles. The zero-order valence-corrected chi connectivity index (χ0v) is 15.9. The van der Waals surface area contributed by atoms with Crippen LogP contribution in [0, 0.1) is 3.57 Å². The third-order valence-corrected chi connectivity index (χ3v) is 6.03. The Bertz CT molecular complexity index is 1010. The van der Waals surface area contributed by atoms with E-state index in [1.807, 2.05) is 24.3 Å². The number of benzene rings is 2. The van der Waals surface area contributed by atoms with Crippen molar-refractivity contribution in [3.63, 3.8) is 0 Å². The standard InChI is InChI=1S/C17H15IN2O4S/c18-12-5-7-13(8-6-12)25(23,24)20-16(17(21)22)9-11-10-19-15-4-2-1-3-14(11)15/h1-8,10,16,19-20H,9H2,(H,21,22)/t16-/m0/s1. The van der Waals surface area contributed by atoms with Gasteiger partial charge in [0.25, 0.3) is 0 Å². The fourth-order valence-electron chi connectivity index (χ4n) is 2.57. The smallest absolute Gasteiger partial charge is 0.322 e. The maximum Gasteiger partial charge on any atom is 0.322 e. The quantitative estimate of drug-likeness (QED) is 0.483. The van der Waals surface area contributed by atoms with Gasteiger partial charge in [-0.1, -0.05) is 18.2 Å². The number of hydrogen-bond acceptors (Lipinski definition) is 3. The van der Waals surface area contributed by atoms with Crippen LogP contribution in [0.3, 0.4) is 0 Å². The number of aromatic amines is 1. The second-order valence-electron chi connectivity index (χ2n) is 5.53. The van der Waals surface area contributed by atoms with E-state index in [4.69, 9.17) is 0 Å². The van der Waals surface area contributed by atoms with Crippen LogP contribution in [0.15, 0.2) is 59.6 Å². The Kier molecular flexibility index (Phi) is 5.11. The van der Waals surface area contributed by atoms with Gasteiger partial charge in [0.1, 0.15) is 6.04 Å². The van der Waals surface area contributed by atoms with E-state index in [1.54, 1.807) is 18.3 Å². The molecule has 25 heavy (non-hydrogen) atoms. The molecule has 0 saturated carbocycles. The van der Waals surface area contributed by atoms with Crippen molar-refractivity contribution in [3.05, 3.63) is 63.9 Å². The SMILES string of the molecule is O=C(O)[C@H](Cc1c[nH]c2ccccc12)NS(=O)(=O)c1ccc(I)cc1. The number of para-hydroxylation sites is 1. The predicted molar refractivity (Wildman–Crippen MR) is 103 cm³/mol. The van der Waals surface area contributed by atoms with E-state index in [-0.39, 0.29) is 11.3 Å². The number of rotatable bonds is 6. The molecule has 0 amide bonds. The number of carboxylic acid groups (broad SMARTS) is 1. The molecular formula is C17H15IN2O4S. The van der Waals surface area contributed by atoms with E-state index in [0.717, 1.165) is 20.0 Å². The van der Waals surface area contributed by atoms with E-state index in [1.165, 1.54) is 12.1 Å². The molecule has 3 N–H and O–H groups in total. The molecule has 1 heterocycles. The summed E-state index contributed by atoms with van der Waals surface area (Å²) in [5.74, 6) is -1.22. The largest absolute Gasteiger partial charge is 0.480 e. The lowest BCUT2D eigenvalue weighted by Crippen LogP contribution is -2.42. The Labute approximate surface area is 158 Å². The van der Waals surface area contributed by atoms with Crippen LogP contribution in [-0.2, 0) is 21.2 Å². The number of aromatic nitrogens is 1. The zero-order chi connectivity index (χ0) is 18.0. The summed E-state index contributed by atoms with van der Waals surface area (Å²) in [7, 11) is -3.92. The third-order valence-electron chi connectivity index (χ3n) is 3.82. The summed E-state index contributed by atoms with van der Waals surface area (Å²) >= 11 is 2.07. The van der Waals surface area contributed by atoms with Crippen molar-refractivity contribution in [2.24, 2.45) is 0 Å². The highest BCUT2D eigenvalue weighted by Gasteiger charge is 2.26. The maximum atomic E-state index is 12.5.